The van der Waals surface area contributed by atoms with Gasteiger partial charge in [0.25, 0.3) is 5.91 Å². The van der Waals surface area contributed by atoms with Gasteiger partial charge in [0, 0.05) is 6.07 Å². The van der Waals surface area contributed by atoms with Crippen molar-refractivity contribution in [3.05, 3.63) is 18.2 Å². The number of rotatable bonds is 2. The highest BCUT2D eigenvalue weighted by Crippen LogP contribution is 2.34. The molecule has 1 aromatic rings. The molecule has 0 bridgehead atoms. The van der Waals surface area contributed by atoms with E-state index in [0.717, 1.165) is 0 Å². The molecular formula is C12H15NO3. The molecule has 4 nitrogen and oxygen atoms in total. The maximum atomic E-state index is 11.7. The molecule has 86 valence electrons. The van der Waals surface area contributed by atoms with E-state index < -0.39 is 6.10 Å². The number of anilines is 1. The Morgan fingerprint density at radius 2 is 2.19 bits per heavy atom. The predicted octanol–water partition coefficient (Wildman–Crippen LogP) is 2.05. The van der Waals surface area contributed by atoms with Gasteiger partial charge >= 0.3 is 0 Å². The molecule has 1 amide bonds. The number of nitrogens with one attached hydrogen (secondary N) is 1. The number of hydrogen-bond donors (Lipinski definition) is 1. The average molecular weight is 221 g/mol. The minimum atomic E-state index is -0.416. The number of fused-ring (bicyclic) bond motifs is 1. The molecule has 0 aliphatic carbocycles. The summed E-state index contributed by atoms with van der Waals surface area (Å²) in [7, 11) is 1.59. The highest BCUT2D eigenvalue weighted by Gasteiger charge is 2.30. The number of hydrogen-bond acceptors (Lipinski definition) is 3. The van der Waals surface area contributed by atoms with Gasteiger partial charge in [-0.05, 0) is 18.1 Å². The lowest BCUT2D eigenvalue weighted by Gasteiger charge is -2.28. The van der Waals surface area contributed by atoms with E-state index in [0.29, 0.717) is 17.2 Å². The van der Waals surface area contributed by atoms with E-state index in [2.05, 4.69) is 5.32 Å². The Morgan fingerprint density at radius 3 is 2.81 bits per heavy atom. The molecule has 1 heterocycles. The predicted molar refractivity (Wildman–Crippen MR) is 60.9 cm³/mol. The molecule has 1 aromatic carbocycles. The number of carbonyl (C=O) groups is 1. The largest absolute Gasteiger partial charge is 0.497 e. The summed E-state index contributed by atoms with van der Waals surface area (Å²) < 4.78 is 10.7. The highest BCUT2D eigenvalue weighted by molar-refractivity contribution is 5.98. The van der Waals surface area contributed by atoms with E-state index in [1.54, 1.807) is 13.2 Å². The van der Waals surface area contributed by atoms with Gasteiger partial charge in [0.05, 0.1) is 12.8 Å². The lowest BCUT2D eigenvalue weighted by molar-refractivity contribution is -0.125. The van der Waals surface area contributed by atoms with Crippen LogP contribution in [0.4, 0.5) is 5.69 Å². The molecule has 4 heteroatoms. The quantitative estimate of drug-likeness (QED) is 0.831. The van der Waals surface area contributed by atoms with Crippen molar-refractivity contribution in [2.24, 2.45) is 5.92 Å². The fourth-order valence-electron chi connectivity index (χ4n) is 1.67. The molecule has 0 aromatic heterocycles. The van der Waals surface area contributed by atoms with E-state index >= 15 is 0 Å². The number of methoxy groups -OCH3 is 1. The third-order valence-electron chi connectivity index (χ3n) is 2.56. The van der Waals surface area contributed by atoms with Crippen molar-refractivity contribution in [2.75, 3.05) is 12.4 Å². The summed E-state index contributed by atoms with van der Waals surface area (Å²) >= 11 is 0. The summed E-state index contributed by atoms with van der Waals surface area (Å²) in [5, 5.41) is 2.82. The second-order valence-electron chi connectivity index (χ2n) is 4.13. The first-order valence-electron chi connectivity index (χ1n) is 5.27. The van der Waals surface area contributed by atoms with Gasteiger partial charge in [-0.1, -0.05) is 13.8 Å². The molecule has 0 spiro atoms. The van der Waals surface area contributed by atoms with E-state index in [4.69, 9.17) is 9.47 Å². The number of ether oxygens (including phenoxy) is 2. The minimum absolute atomic E-state index is 0.101. The van der Waals surface area contributed by atoms with Gasteiger partial charge in [0.2, 0.25) is 0 Å². The minimum Gasteiger partial charge on any atom is -0.497 e. The number of carbonyl (C=O) groups excluding carboxylic acids is 1. The monoisotopic (exact) mass is 221 g/mol. The smallest absolute Gasteiger partial charge is 0.265 e. The van der Waals surface area contributed by atoms with Crippen LogP contribution in [0.3, 0.4) is 0 Å². The van der Waals surface area contributed by atoms with Gasteiger partial charge in [-0.15, -0.1) is 0 Å². The van der Waals surface area contributed by atoms with Crippen LogP contribution in [0, 0.1) is 5.92 Å². The first-order valence-corrected chi connectivity index (χ1v) is 5.27. The zero-order valence-electron chi connectivity index (χ0n) is 9.61. The van der Waals surface area contributed by atoms with Crippen LogP contribution in [0.15, 0.2) is 18.2 Å². The molecule has 0 saturated heterocycles. The summed E-state index contributed by atoms with van der Waals surface area (Å²) in [5.41, 5.74) is 0.668. The average Bonchev–Trinajstić information content (AvgIpc) is 2.27. The summed E-state index contributed by atoms with van der Waals surface area (Å²) in [6.07, 6.45) is -0.416. The van der Waals surface area contributed by atoms with Crippen LogP contribution in [-0.2, 0) is 4.79 Å². The fraction of sp³-hybridized carbons (Fsp3) is 0.417. The Balaban J connectivity index is 2.31. The molecule has 1 aliphatic heterocycles. The molecular weight excluding hydrogens is 206 g/mol. The van der Waals surface area contributed by atoms with Gasteiger partial charge in [-0.25, -0.2) is 0 Å². The van der Waals surface area contributed by atoms with Crippen molar-refractivity contribution >= 4 is 11.6 Å². The van der Waals surface area contributed by atoms with Crippen LogP contribution >= 0.6 is 0 Å². The standard InChI is InChI=1S/C12H15NO3/c1-7(2)11-12(14)13-9-6-8(15-3)4-5-10(9)16-11/h4-7,11H,1-3H3,(H,13,14). The van der Waals surface area contributed by atoms with Gasteiger partial charge in [-0.3, -0.25) is 4.79 Å². The third-order valence-corrected chi connectivity index (χ3v) is 2.56. The van der Waals surface area contributed by atoms with Crippen molar-refractivity contribution in [1.29, 1.82) is 0 Å². The topological polar surface area (TPSA) is 47.6 Å². The second kappa shape index (κ2) is 4.04. The maximum absolute atomic E-state index is 11.7. The molecule has 16 heavy (non-hydrogen) atoms. The van der Waals surface area contributed by atoms with Gasteiger partial charge in [0.15, 0.2) is 6.10 Å². The third kappa shape index (κ3) is 1.83. The van der Waals surface area contributed by atoms with Crippen LogP contribution in [0.2, 0.25) is 0 Å². The molecule has 1 N–H and O–H groups in total. The number of benzene rings is 1. The lowest BCUT2D eigenvalue weighted by Crippen LogP contribution is -2.40. The summed E-state index contributed by atoms with van der Waals surface area (Å²) in [4.78, 5) is 11.7. The van der Waals surface area contributed by atoms with Crippen LogP contribution in [0.25, 0.3) is 0 Å². The van der Waals surface area contributed by atoms with Crippen molar-refractivity contribution in [2.45, 2.75) is 20.0 Å². The van der Waals surface area contributed by atoms with Crippen LogP contribution in [0.1, 0.15) is 13.8 Å². The highest BCUT2D eigenvalue weighted by atomic mass is 16.5. The van der Waals surface area contributed by atoms with Crippen molar-refractivity contribution < 1.29 is 14.3 Å². The molecule has 0 fully saturated rings. The molecule has 1 aliphatic rings. The van der Waals surface area contributed by atoms with Crippen molar-refractivity contribution in [3.63, 3.8) is 0 Å². The van der Waals surface area contributed by atoms with Crippen LogP contribution in [-0.4, -0.2) is 19.1 Å². The Hall–Kier alpha value is -1.71. The molecule has 0 saturated carbocycles. The first-order chi connectivity index (χ1) is 7.61. The molecule has 0 radical (unpaired) electrons. The Bertz CT molecular complexity index is 415. The Labute approximate surface area is 94.6 Å². The summed E-state index contributed by atoms with van der Waals surface area (Å²) in [6, 6.07) is 5.38. The maximum Gasteiger partial charge on any atom is 0.265 e. The molecule has 1 unspecified atom stereocenters. The normalized spacial score (nSPS) is 18.8. The van der Waals surface area contributed by atoms with Crippen molar-refractivity contribution in [1.82, 2.24) is 0 Å². The fourth-order valence-corrected chi connectivity index (χ4v) is 1.67. The lowest BCUT2D eigenvalue weighted by atomic mass is 10.0. The van der Waals surface area contributed by atoms with E-state index in [9.17, 15) is 4.79 Å². The zero-order chi connectivity index (χ0) is 11.7. The molecule has 2 rings (SSSR count). The molecule has 1 atom stereocenters. The van der Waals surface area contributed by atoms with Gasteiger partial charge in [-0.2, -0.15) is 0 Å². The summed E-state index contributed by atoms with van der Waals surface area (Å²) in [5.74, 6) is 1.44. The first kappa shape index (κ1) is 10.8. The van der Waals surface area contributed by atoms with Gasteiger partial charge in [0.1, 0.15) is 11.5 Å². The van der Waals surface area contributed by atoms with E-state index in [1.165, 1.54) is 0 Å². The van der Waals surface area contributed by atoms with Crippen LogP contribution < -0.4 is 14.8 Å². The zero-order valence-corrected chi connectivity index (χ0v) is 9.61. The Morgan fingerprint density at radius 1 is 1.44 bits per heavy atom. The van der Waals surface area contributed by atoms with E-state index in [1.807, 2.05) is 26.0 Å². The second-order valence-corrected chi connectivity index (χ2v) is 4.13. The van der Waals surface area contributed by atoms with Gasteiger partial charge < -0.3 is 14.8 Å². The van der Waals surface area contributed by atoms with Crippen molar-refractivity contribution in [3.8, 4) is 11.5 Å². The SMILES string of the molecule is COc1ccc2c(c1)NC(=O)C(C(C)C)O2. The van der Waals surface area contributed by atoms with Crippen LogP contribution in [0.5, 0.6) is 11.5 Å². The number of amides is 1. The summed E-state index contributed by atoms with van der Waals surface area (Å²) in [6.45, 7) is 3.91. The van der Waals surface area contributed by atoms with E-state index in [-0.39, 0.29) is 11.8 Å². The Kier molecular flexibility index (Phi) is 2.73.